The van der Waals surface area contributed by atoms with Crippen molar-refractivity contribution in [3.63, 3.8) is 0 Å². The average Bonchev–Trinajstić information content (AvgIpc) is 2.45. The van der Waals surface area contributed by atoms with E-state index in [0.717, 1.165) is 18.4 Å². The lowest BCUT2D eigenvalue weighted by atomic mass is 10.1. The monoisotopic (exact) mass is 311 g/mol. The van der Waals surface area contributed by atoms with Crippen LogP contribution in [0.5, 0.6) is 0 Å². The van der Waals surface area contributed by atoms with Crippen LogP contribution in [0.15, 0.2) is 24.5 Å². The van der Waals surface area contributed by atoms with Gasteiger partial charge in [-0.1, -0.05) is 6.07 Å². The zero-order valence-electron chi connectivity index (χ0n) is 12.4. The highest BCUT2D eigenvalue weighted by atomic mass is 32.2. The number of nitrogens with zero attached hydrogens (tertiary/aromatic N) is 3. The third kappa shape index (κ3) is 4.25. The van der Waals surface area contributed by atoms with Gasteiger partial charge in [-0.15, -0.1) is 0 Å². The molecule has 1 unspecified atom stereocenters. The van der Waals surface area contributed by atoms with Gasteiger partial charge in [-0.3, -0.25) is 9.78 Å². The Kier molecular flexibility index (Phi) is 4.95. The van der Waals surface area contributed by atoms with Crippen molar-refractivity contribution in [2.24, 2.45) is 0 Å². The summed E-state index contributed by atoms with van der Waals surface area (Å²) in [7, 11) is -3.34. The van der Waals surface area contributed by atoms with Crippen molar-refractivity contribution in [3.8, 4) is 0 Å². The van der Waals surface area contributed by atoms with E-state index in [1.165, 1.54) is 17.5 Å². The van der Waals surface area contributed by atoms with E-state index in [9.17, 15) is 13.2 Å². The molecule has 0 saturated carbocycles. The predicted octanol–water partition coefficient (Wildman–Crippen LogP) is 0.854. The van der Waals surface area contributed by atoms with Gasteiger partial charge < -0.3 is 4.90 Å². The van der Waals surface area contributed by atoms with E-state index in [1.807, 2.05) is 6.07 Å². The van der Waals surface area contributed by atoms with Crippen LogP contribution in [0.25, 0.3) is 0 Å². The molecule has 0 N–H and O–H groups in total. The maximum atomic E-state index is 12.1. The fourth-order valence-electron chi connectivity index (χ4n) is 2.66. The Balaban J connectivity index is 2.18. The van der Waals surface area contributed by atoms with Crippen LogP contribution in [0.1, 0.15) is 25.3 Å². The number of hydrogen-bond donors (Lipinski definition) is 0. The summed E-state index contributed by atoms with van der Waals surface area (Å²) in [5, 5.41) is 0. The number of likely N-dealkylation sites (tertiary alicyclic amines) is 1. The molecule has 21 heavy (non-hydrogen) atoms. The van der Waals surface area contributed by atoms with Gasteiger partial charge in [-0.25, -0.2) is 8.42 Å². The van der Waals surface area contributed by atoms with Gasteiger partial charge >= 0.3 is 0 Å². The summed E-state index contributed by atoms with van der Waals surface area (Å²) in [5.41, 5.74) is 0.850. The first-order chi connectivity index (χ1) is 9.88. The third-order valence-corrected chi connectivity index (χ3v) is 5.02. The number of carbonyl (C=O) groups excluding carboxylic acids is 1. The molecule has 0 radical (unpaired) electrons. The summed E-state index contributed by atoms with van der Waals surface area (Å²) in [5.74, 6) is -0.00507. The van der Waals surface area contributed by atoms with Crippen molar-refractivity contribution in [3.05, 3.63) is 30.1 Å². The van der Waals surface area contributed by atoms with Gasteiger partial charge in [0.1, 0.15) is 0 Å². The molecule has 1 aromatic heterocycles. The molecule has 1 saturated heterocycles. The second-order valence-corrected chi connectivity index (χ2v) is 7.37. The van der Waals surface area contributed by atoms with E-state index >= 15 is 0 Å². The lowest BCUT2D eigenvalue weighted by Gasteiger charge is -2.37. The molecular formula is C14H21N3O3S. The van der Waals surface area contributed by atoms with Crippen LogP contribution in [-0.4, -0.2) is 53.9 Å². The Hall–Kier alpha value is -1.47. The summed E-state index contributed by atoms with van der Waals surface area (Å²) >= 11 is 0. The minimum absolute atomic E-state index is 0.00507. The summed E-state index contributed by atoms with van der Waals surface area (Å²) in [6.45, 7) is 2.98. The van der Waals surface area contributed by atoms with E-state index in [1.54, 1.807) is 23.4 Å². The summed E-state index contributed by atoms with van der Waals surface area (Å²) in [6.07, 6.45) is 6.15. The Bertz CT molecular complexity index is 589. The van der Waals surface area contributed by atoms with Gasteiger partial charge in [0.2, 0.25) is 15.9 Å². The second-order valence-electron chi connectivity index (χ2n) is 5.43. The van der Waals surface area contributed by atoms with E-state index in [0.29, 0.717) is 19.6 Å². The van der Waals surface area contributed by atoms with Gasteiger partial charge in [-0.2, -0.15) is 4.31 Å². The molecule has 2 heterocycles. The average molecular weight is 311 g/mol. The maximum absolute atomic E-state index is 12.1. The molecule has 1 fully saturated rings. The van der Waals surface area contributed by atoms with Gasteiger partial charge in [-0.05, 0) is 24.5 Å². The first kappa shape index (κ1) is 15.9. The molecule has 1 aliphatic rings. The highest BCUT2D eigenvalue weighted by molar-refractivity contribution is 7.88. The Labute approximate surface area is 125 Å². The van der Waals surface area contributed by atoms with Crippen LogP contribution in [-0.2, 0) is 21.4 Å². The van der Waals surface area contributed by atoms with E-state index in [-0.39, 0.29) is 11.9 Å². The quantitative estimate of drug-likeness (QED) is 0.827. The number of aromatic nitrogens is 1. The molecule has 1 aliphatic heterocycles. The highest BCUT2D eigenvalue weighted by Gasteiger charge is 2.31. The second kappa shape index (κ2) is 6.53. The van der Waals surface area contributed by atoms with Crippen LogP contribution in [0.3, 0.4) is 0 Å². The lowest BCUT2D eigenvalue weighted by molar-refractivity contribution is -0.130. The molecule has 0 aromatic carbocycles. The number of amides is 1. The van der Waals surface area contributed by atoms with Gasteiger partial charge in [0.15, 0.2) is 0 Å². The number of carbonyl (C=O) groups is 1. The van der Waals surface area contributed by atoms with Crippen LogP contribution in [0.2, 0.25) is 0 Å². The number of pyridine rings is 1. The number of hydrogen-bond acceptors (Lipinski definition) is 4. The van der Waals surface area contributed by atoms with Crippen LogP contribution >= 0.6 is 0 Å². The SMILES string of the molecule is CC(=O)N1CCCC(N(Cc2cccnc2)S(C)(=O)=O)C1. The molecule has 7 heteroatoms. The fraction of sp³-hybridized carbons (Fsp3) is 0.571. The Morgan fingerprint density at radius 3 is 2.86 bits per heavy atom. The Morgan fingerprint density at radius 1 is 1.52 bits per heavy atom. The van der Waals surface area contributed by atoms with Crippen molar-refractivity contribution in [2.45, 2.75) is 32.4 Å². The number of rotatable bonds is 4. The standard InChI is InChI=1S/C14H21N3O3S/c1-12(18)16-8-4-6-14(11-16)17(21(2,19)20)10-13-5-3-7-15-9-13/h3,5,7,9,14H,4,6,8,10-11H2,1-2H3. The van der Waals surface area contributed by atoms with Crippen molar-refractivity contribution < 1.29 is 13.2 Å². The first-order valence-corrected chi connectivity index (χ1v) is 8.84. The number of piperidine rings is 1. The summed E-state index contributed by atoms with van der Waals surface area (Å²) in [6, 6.07) is 3.48. The van der Waals surface area contributed by atoms with Crippen LogP contribution in [0.4, 0.5) is 0 Å². The summed E-state index contributed by atoms with van der Waals surface area (Å²) < 4.78 is 25.7. The van der Waals surface area contributed by atoms with E-state index in [2.05, 4.69) is 4.98 Å². The molecule has 1 aromatic rings. The molecule has 0 spiro atoms. The zero-order chi connectivity index (χ0) is 15.5. The molecule has 1 amide bonds. The number of sulfonamides is 1. The highest BCUT2D eigenvalue weighted by Crippen LogP contribution is 2.21. The first-order valence-electron chi connectivity index (χ1n) is 6.99. The van der Waals surface area contributed by atoms with Crippen molar-refractivity contribution in [2.75, 3.05) is 19.3 Å². The van der Waals surface area contributed by atoms with E-state index < -0.39 is 10.0 Å². The largest absolute Gasteiger partial charge is 0.341 e. The van der Waals surface area contributed by atoms with Gasteiger partial charge in [0.25, 0.3) is 0 Å². The molecule has 0 bridgehead atoms. The molecule has 0 aliphatic carbocycles. The van der Waals surface area contributed by atoms with Crippen LogP contribution < -0.4 is 0 Å². The minimum atomic E-state index is -3.34. The fourth-order valence-corrected chi connectivity index (χ4v) is 3.76. The smallest absolute Gasteiger partial charge is 0.219 e. The molecule has 6 nitrogen and oxygen atoms in total. The maximum Gasteiger partial charge on any atom is 0.219 e. The molecule has 1 atom stereocenters. The van der Waals surface area contributed by atoms with Gasteiger partial charge in [0.05, 0.1) is 6.26 Å². The molecule has 2 rings (SSSR count). The van der Waals surface area contributed by atoms with E-state index in [4.69, 9.17) is 0 Å². The molecule has 116 valence electrons. The topological polar surface area (TPSA) is 70.6 Å². The third-order valence-electron chi connectivity index (χ3n) is 3.74. The zero-order valence-corrected chi connectivity index (χ0v) is 13.2. The Morgan fingerprint density at radius 2 is 2.29 bits per heavy atom. The van der Waals surface area contributed by atoms with Gasteiger partial charge in [0, 0.05) is 45.0 Å². The molecular weight excluding hydrogens is 290 g/mol. The predicted molar refractivity (Wildman–Crippen MR) is 79.9 cm³/mol. The van der Waals surface area contributed by atoms with Crippen molar-refractivity contribution in [1.29, 1.82) is 0 Å². The van der Waals surface area contributed by atoms with Crippen molar-refractivity contribution >= 4 is 15.9 Å². The summed E-state index contributed by atoms with van der Waals surface area (Å²) in [4.78, 5) is 17.3. The minimum Gasteiger partial charge on any atom is -0.341 e. The van der Waals surface area contributed by atoms with Crippen molar-refractivity contribution in [1.82, 2.24) is 14.2 Å². The lowest BCUT2D eigenvalue weighted by Crippen LogP contribution is -2.50. The van der Waals surface area contributed by atoms with Crippen LogP contribution in [0, 0.1) is 0 Å². The normalized spacial score (nSPS) is 19.8.